The Labute approximate surface area is 191 Å². The lowest BCUT2D eigenvalue weighted by Crippen LogP contribution is -2.44. The average Bonchev–Trinajstić information content (AvgIpc) is 2.79. The number of nitrogens with zero attached hydrogens (tertiary/aromatic N) is 1. The first-order chi connectivity index (χ1) is 16.1. The number of aliphatic hydroxyl groups excluding tert-OH is 4. The third kappa shape index (κ3) is 5.54. The van der Waals surface area contributed by atoms with Gasteiger partial charge in [-0.05, 0) is 31.2 Å². The fourth-order valence-electron chi connectivity index (χ4n) is 3.44. The van der Waals surface area contributed by atoms with Gasteiger partial charge in [0.05, 0.1) is 41.7 Å². The zero-order valence-corrected chi connectivity index (χ0v) is 18.0. The van der Waals surface area contributed by atoms with Crippen LogP contribution in [0.1, 0.15) is 12.5 Å². The summed E-state index contributed by atoms with van der Waals surface area (Å²) in [6.45, 7) is 0.0924. The van der Waals surface area contributed by atoms with Gasteiger partial charge < -0.3 is 35.5 Å². The number of halogens is 3. The lowest BCUT2D eigenvalue weighted by molar-refractivity contribution is -0.182. The van der Waals surface area contributed by atoms with Crippen molar-refractivity contribution >= 4 is 16.6 Å². The van der Waals surface area contributed by atoms with Gasteiger partial charge in [0.15, 0.2) is 6.29 Å². The predicted octanol–water partition coefficient (Wildman–Crippen LogP) is 1.46. The smallest absolute Gasteiger partial charge is 0.394 e. The average molecular weight is 483 g/mol. The van der Waals surface area contributed by atoms with Gasteiger partial charge in [-0.2, -0.15) is 13.2 Å². The van der Waals surface area contributed by atoms with E-state index in [-0.39, 0.29) is 22.3 Å². The molecule has 34 heavy (non-hydrogen) atoms. The molecular formula is C22H24F3N3O6. The number of benzene rings is 1. The van der Waals surface area contributed by atoms with Crippen molar-refractivity contribution in [2.24, 2.45) is 0 Å². The normalized spacial score (nSPS) is 15.6. The van der Waals surface area contributed by atoms with Crippen LogP contribution in [0.15, 0.2) is 47.4 Å². The minimum atomic E-state index is -4.85. The van der Waals surface area contributed by atoms with Crippen LogP contribution in [-0.4, -0.2) is 68.1 Å². The maximum Gasteiger partial charge on any atom is 0.417 e. The summed E-state index contributed by atoms with van der Waals surface area (Å²) in [5.74, 6) is 0. The molecule has 2 unspecified atom stereocenters. The van der Waals surface area contributed by atoms with E-state index < -0.39 is 60.6 Å². The number of H-pyrrole nitrogens is 1. The molecule has 2 aromatic heterocycles. The Balaban J connectivity index is 2.01. The molecule has 4 atom stereocenters. The largest absolute Gasteiger partial charge is 0.417 e. The Hall–Kier alpha value is -3.03. The minimum absolute atomic E-state index is 0.127. The standard InChI is InChI=1S/C22H24F3N3O6/c1-11(31)17(10-30)34-21(33)16(9-29)27-12-5-6-13-15(8-12)28-20(32)18(19(13)22(23,24)25)14-4-2-3-7-26-14/h2-8,11,16-17,21,27,29-31,33H,9-10H2,1H3,(H,28,32)/t11-,16-,17?,21?/m1/s1. The van der Waals surface area contributed by atoms with E-state index in [1.54, 1.807) is 0 Å². The highest BCUT2D eigenvalue weighted by Gasteiger charge is 2.38. The number of hydrogen-bond donors (Lipinski definition) is 6. The van der Waals surface area contributed by atoms with E-state index in [0.717, 1.165) is 6.07 Å². The molecule has 0 bridgehead atoms. The second-order valence-corrected chi connectivity index (χ2v) is 7.60. The molecule has 3 aromatic rings. The highest BCUT2D eigenvalue weighted by atomic mass is 19.4. The Morgan fingerprint density at radius 3 is 2.44 bits per heavy atom. The number of pyridine rings is 2. The predicted molar refractivity (Wildman–Crippen MR) is 117 cm³/mol. The highest BCUT2D eigenvalue weighted by Crippen LogP contribution is 2.39. The van der Waals surface area contributed by atoms with Gasteiger partial charge in [-0.3, -0.25) is 9.78 Å². The molecule has 0 saturated heterocycles. The van der Waals surface area contributed by atoms with E-state index in [1.165, 1.54) is 43.5 Å². The lowest BCUT2D eigenvalue weighted by atomic mass is 9.99. The molecule has 12 heteroatoms. The van der Waals surface area contributed by atoms with Crippen LogP contribution in [0, 0.1) is 0 Å². The molecule has 0 aliphatic heterocycles. The lowest BCUT2D eigenvalue weighted by Gasteiger charge is -2.28. The van der Waals surface area contributed by atoms with Gasteiger partial charge in [0.1, 0.15) is 12.1 Å². The Bertz CT molecular complexity index is 1170. The van der Waals surface area contributed by atoms with Gasteiger partial charge in [0, 0.05) is 17.3 Å². The van der Waals surface area contributed by atoms with Crippen molar-refractivity contribution in [1.82, 2.24) is 9.97 Å². The molecule has 0 radical (unpaired) electrons. The fraction of sp³-hybridized carbons (Fsp3) is 0.364. The van der Waals surface area contributed by atoms with E-state index in [2.05, 4.69) is 15.3 Å². The molecule has 0 spiro atoms. The molecule has 6 N–H and O–H groups in total. The summed E-state index contributed by atoms with van der Waals surface area (Å²) < 4.78 is 47.2. The van der Waals surface area contributed by atoms with E-state index in [4.69, 9.17) is 4.74 Å². The third-order valence-electron chi connectivity index (χ3n) is 5.14. The number of aliphatic hydroxyl groups is 4. The molecule has 0 aliphatic carbocycles. The number of aromatic amines is 1. The summed E-state index contributed by atoms with van der Waals surface area (Å²) in [5, 5.41) is 41.0. The number of anilines is 1. The van der Waals surface area contributed by atoms with Crippen LogP contribution < -0.4 is 10.9 Å². The van der Waals surface area contributed by atoms with Gasteiger partial charge in [-0.1, -0.05) is 12.1 Å². The first kappa shape index (κ1) is 25.6. The van der Waals surface area contributed by atoms with Crippen LogP contribution in [0.25, 0.3) is 22.2 Å². The zero-order valence-electron chi connectivity index (χ0n) is 18.0. The number of aromatic nitrogens is 2. The number of alkyl halides is 3. The molecular weight excluding hydrogens is 459 g/mol. The number of rotatable bonds is 9. The molecule has 184 valence electrons. The van der Waals surface area contributed by atoms with Gasteiger partial charge in [-0.25, -0.2) is 0 Å². The Morgan fingerprint density at radius 1 is 1.15 bits per heavy atom. The third-order valence-corrected chi connectivity index (χ3v) is 5.14. The summed E-state index contributed by atoms with van der Waals surface area (Å²) in [5.41, 5.74) is -2.82. The number of hydrogen-bond acceptors (Lipinski definition) is 8. The summed E-state index contributed by atoms with van der Waals surface area (Å²) >= 11 is 0. The summed E-state index contributed by atoms with van der Waals surface area (Å²) in [4.78, 5) is 19.0. The van der Waals surface area contributed by atoms with Crippen molar-refractivity contribution in [2.75, 3.05) is 18.5 Å². The molecule has 3 rings (SSSR count). The van der Waals surface area contributed by atoms with Gasteiger partial charge in [0.2, 0.25) is 0 Å². The first-order valence-corrected chi connectivity index (χ1v) is 10.2. The topological polar surface area (TPSA) is 148 Å². The molecule has 0 fully saturated rings. The van der Waals surface area contributed by atoms with Crippen molar-refractivity contribution in [3.63, 3.8) is 0 Å². The van der Waals surface area contributed by atoms with Crippen LogP contribution in [0.2, 0.25) is 0 Å². The van der Waals surface area contributed by atoms with Crippen molar-refractivity contribution in [3.8, 4) is 11.3 Å². The maximum absolute atomic E-state index is 14.0. The molecule has 9 nitrogen and oxygen atoms in total. The molecule has 2 heterocycles. The van der Waals surface area contributed by atoms with Gasteiger partial charge >= 0.3 is 6.18 Å². The molecule has 0 saturated carbocycles. The van der Waals surface area contributed by atoms with Crippen LogP contribution >= 0.6 is 0 Å². The first-order valence-electron chi connectivity index (χ1n) is 10.2. The molecule has 0 aliphatic rings. The second-order valence-electron chi connectivity index (χ2n) is 7.60. The van der Waals surface area contributed by atoms with Crippen molar-refractivity contribution in [2.45, 2.75) is 37.6 Å². The van der Waals surface area contributed by atoms with Gasteiger partial charge in [0.25, 0.3) is 5.56 Å². The Kier molecular flexibility index (Phi) is 7.89. The van der Waals surface area contributed by atoms with Crippen LogP contribution in [0.4, 0.5) is 18.9 Å². The summed E-state index contributed by atoms with van der Waals surface area (Å²) in [6, 6.07) is 6.79. The zero-order chi connectivity index (χ0) is 25.0. The second kappa shape index (κ2) is 10.5. The fourth-order valence-corrected chi connectivity index (χ4v) is 3.44. The SMILES string of the molecule is C[C@@H](O)C(CO)OC(O)[C@@H](CO)Nc1ccc2c(C(F)(F)F)c(-c3ccccn3)c(=O)[nH]c2c1. The van der Waals surface area contributed by atoms with Crippen molar-refractivity contribution in [3.05, 3.63) is 58.5 Å². The number of fused-ring (bicyclic) bond motifs is 1. The maximum atomic E-state index is 14.0. The van der Waals surface area contributed by atoms with Gasteiger partial charge in [-0.15, -0.1) is 0 Å². The van der Waals surface area contributed by atoms with Crippen LogP contribution in [-0.2, 0) is 10.9 Å². The van der Waals surface area contributed by atoms with E-state index in [9.17, 15) is 38.4 Å². The van der Waals surface area contributed by atoms with Crippen LogP contribution in [0.5, 0.6) is 0 Å². The van der Waals surface area contributed by atoms with E-state index in [1.807, 2.05) is 0 Å². The van der Waals surface area contributed by atoms with Crippen LogP contribution in [0.3, 0.4) is 0 Å². The minimum Gasteiger partial charge on any atom is -0.394 e. The number of ether oxygens (including phenoxy) is 1. The molecule has 1 aromatic carbocycles. The number of nitrogens with one attached hydrogen (secondary N) is 2. The summed E-state index contributed by atoms with van der Waals surface area (Å²) in [7, 11) is 0. The summed E-state index contributed by atoms with van der Waals surface area (Å²) in [6.07, 6.45) is -7.49. The monoisotopic (exact) mass is 483 g/mol. The molecule has 0 amide bonds. The van der Waals surface area contributed by atoms with Crippen molar-refractivity contribution < 1.29 is 38.3 Å². The van der Waals surface area contributed by atoms with E-state index >= 15 is 0 Å². The quantitative estimate of drug-likeness (QED) is 0.251. The highest BCUT2D eigenvalue weighted by molar-refractivity contribution is 5.90. The Morgan fingerprint density at radius 2 is 1.88 bits per heavy atom. The van der Waals surface area contributed by atoms with E-state index in [0.29, 0.717) is 0 Å². The van der Waals surface area contributed by atoms with Crippen molar-refractivity contribution in [1.29, 1.82) is 0 Å².